The maximum absolute atomic E-state index is 16.3. The van der Waals surface area contributed by atoms with Crippen molar-refractivity contribution in [3.63, 3.8) is 0 Å². The van der Waals surface area contributed by atoms with Gasteiger partial charge < -0.3 is 113 Å². The number of hydrogen-bond acceptors (Lipinski definition) is 25. The number of methoxy groups -OCH3 is 1. The predicted octanol–water partition coefficient (Wildman–Crippen LogP) is 14.7. The number of aliphatic hydroxyl groups is 10. The molecule has 25 atom stereocenters. The SMILES string of the molecule is CC(C)(O)F.CC(C)(O)F.CC(C)F.CC(C)F.CC[C@H]1O[C@@H](C(F)(F)C(C)(C)OC(=O)C(=O)OC)[C@H](OCc2ccccc2)[C@@H](OCc2ccccc2)[C@H]1C.CC[C@H]1O[C@@H](CF)[C@H](OCc2ccccc2)[C@@H](OCc2ccccc2)[C@H]1C.CC[C@H]1O[C@@H](CF)[C@H](OCc2ccccc2)[C@@H](OCc2ccccc2)[C@H]1C.OC[C@H]1O[C@@H](CF)[C@H](O)[C@@H](O)[C@H]1O.OC[C@H]1O[C@@H](CF)[C@H](O)[C@@H](O)[C@H]1O. The van der Waals surface area contributed by atoms with E-state index in [-0.39, 0.29) is 55.4 Å². The van der Waals surface area contributed by atoms with Crippen molar-refractivity contribution >= 4 is 11.9 Å². The molecule has 0 saturated carbocycles. The van der Waals surface area contributed by atoms with Gasteiger partial charge in [-0.2, -0.15) is 8.78 Å². The third-order valence-electron chi connectivity index (χ3n) is 21.7. The second kappa shape index (κ2) is 63.5. The van der Waals surface area contributed by atoms with E-state index in [1.807, 2.05) is 196 Å². The normalized spacial score (nSPS) is 28.2. The number of hydrogen-bond donors (Lipinski definition) is 10. The third-order valence-corrected chi connectivity index (χ3v) is 21.7. The second-order valence-electron chi connectivity index (χ2n) is 35.1. The number of halogens is 10. The summed E-state index contributed by atoms with van der Waals surface area (Å²) in [7, 11) is 0.967. The Morgan fingerprint density at radius 1 is 0.338 bits per heavy atom. The van der Waals surface area contributed by atoms with Gasteiger partial charge in [0.25, 0.3) is 0 Å². The second-order valence-corrected chi connectivity index (χ2v) is 35.1. The minimum atomic E-state index is -3.78. The van der Waals surface area contributed by atoms with E-state index in [1.54, 1.807) is 0 Å². The van der Waals surface area contributed by atoms with Crippen LogP contribution in [0.3, 0.4) is 0 Å². The van der Waals surface area contributed by atoms with Crippen LogP contribution in [0.25, 0.3) is 0 Å². The van der Waals surface area contributed by atoms with Crippen molar-refractivity contribution in [3.05, 3.63) is 215 Å². The van der Waals surface area contributed by atoms with Gasteiger partial charge in [-0.15, -0.1) is 0 Å². The first kappa shape index (κ1) is 123. The molecule has 25 nitrogen and oxygen atoms in total. The maximum Gasteiger partial charge on any atom is 0.418 e. The van der Waals surface area contributed by atoms with E-state index >= 15 is 8.78 Å². The van der Waals surface area contributed by atoms with Crippen molar-refractivity contribution in [2.24, 2.45) is 17.8 Å². The molecule has 10 N–H and O–H groups in total. The zero-order valence-corrected chi connectivity index (χ0v) is 80.9. The number of carbonyl (C=O) groups excluding carboxylic acids is 2. The Kier molecular flexibility index (Phi) is 57.4. The van der Waals surface area contributed by atoms with Crippen molar-refractivity contribution in [3.8, 4) is 0 Å². The van der Waals surface area contributed by atoms with Gasteiger partial charge in [0.2, 0.25) is 11.7 Å². The summed E-state index contributed by atoms with van der Waals surface area (Å²) >= 11 is 0. The van der Waals surface area contributed by atoms with E-state index in [0.717, 1.165) is 94.9 Å². The van der Waals surface area contributed by atoms with Crippen LogP contribution in [-0.2, 0) is 111 Å². The summed E-state index contributed by atoms with van der Waals surface area (Å²) in [4.78, 5) is 23.7. The summed E-state index contributed by atoms with van der Waals surface area (Å²) in [5.41, 5.74) is 3.56. The van der Waals surface area contributed by atoms with Crippen LogP contribution in [0.1, 0.15) is 163 Å². The number of alkyl halides is 10. The average Bonchev–Trinajstić information content (AvgIpc) is 0.748. The highest BCUT2D eigenvalue weighted by atomic mass is 19.3. The molecule has 0 spiro atoms. The van der Waals surface area contributed by atoms with Gasteiger partial charge in [0.15, 0.2) is 11.7 Å². The fourth-order valence-electron chi connectivity index (χ4n) is 14.6. The van der Waals surface area contributed by atoms with Crippen LogP contribution in [0.5, 0.6) is 0 Å². The Labute approximate surface area is 794 Å². The van der Waals surface area contributed by atoms with Crippen LogP contribution in [0.4, 0.5) is 43.9 Å². The molecule has 0 radical (unpaired) electrons. The molecule has 136 heavy (non-hydrogen) atoms. The van der Waals surface area contributed by atoms with Gasteiger partial charge in [0.05, 0.1) is 109 Å². The van der Waals surface area contributed by atoms with Gasteiger partial charge in [-0.3, -0.25) is 0 Å². The van der Waals surface area contributed by atoms with E-state index in [2.05, 4.69) is 32.4 Å². The predicted molar refractivity (Wildman–Crippen MR) is 490 cm³/mol. The lowest BCUT2D eigenvalue weighted by atomic mass is 9.81. The zero-order valence-electron chi connectivity index (χ0n) is 80.9. The van der Waals surface area contributed by atoms with Gasteiger partial charge in [-0.05, 0) is 122 Å². The summed E-state index contributed by atoms with van der Waals surface area (Å²) in [6.45, 7) is 22.3. The molecule has 0 bridgehead atoms. The summed E-state index contributed by atoms with van der Waals surface area (Å²) in [5, 5.41) is 88.2. The third kappa shape index (κ3) is 43.4. The first-order valence-electron chi connectivity index (χ1n) is 45.7. The van der Waals surface area contributed by atoms with Crippen molar-refractivity contribution < 1.29 is 166 Å². The van der Waals surface area contributed by atoms with Crippen LogP contribution in [0.2, 0.25) is 0 Å². The Morgan fingerprint density at radius 3 is 0.765 bits per heavy atom. The monoisotopic (exact) mass is 1950 g/mol. The smallest absolute Gasteiger partial charge is 0.418 e. The van der Waals surface area contributed by atoms with Gasteiger partial charge in [-0.1, -0.05) is 224 Å². The Morgan fingerprint density at radius 2 is 0.544 bits per heavy atom. The van der Waals surface area contributed by atoms with E-state index < -0.39 is 197 Å². The summed E-state index contributed by atoms with van der Waals surface area (Å²) in [6.07, 6.45) is -19.3. The van der Waals surface area contributed by atoms with Crippen LogP contribution < -0.4 is 0 Å². The molecule has 0 amide bonds. The molecule has 11 rings (SSSR count). The van der Waals surface area contributed by atoms with Gasteiger partial charge in [0.1, 0.15) is 118 Å². The quantitative estimate of drug-likeness (QED) is 0.0114. The summed E-state index contributed by atoms with van der Waals surface area (Å²) in [6, 6.07) is 58.5. The lowest BCUT2D eigenvalue weighted by Crippen LogP contribution is -2.66. The molecule has 772 valence electrons. The molecular weight excluding hydrogens is 1800 g/mol. The summed E-state index contributed by atoms with van der Waals surface area (Å²) < 4.78 is 203. The van der Waals surface area contributed by atoms with E-state index in [9.17, 15) is 65.1 Å². The molecular formula is C101H148F10O25. The number of ether oxygens (including phenoxy) is 13. The summed E-state index contributed by atoms with van der Waals surface area (Å²) in [5.74, 6) is -10.7. The highest BCUT2D eigenvalue weighted by molar-refractivity contribution is 6.29. The highest BCUT2D eigenvalue weighted by Gasteiger charge is 2.64. The molecule has 6 aromatic carbocycles. The fraction of sp³-hybridized carbons (Fsp3) is 0.624. The van der Waals surface area contributed by atoms with Gasteiger partial charge in [-0.25, -0.2) is 44.7 Å². The highest BCUT2D eigenvalue weighted by Crippen LogP contribution is 2.46. The standard InChI is InChI=1S/C29H36F2O7.2C23H29FO3.2C7H13FO5.2C3H7FO.2C3H7F/c1-6-22-19(2)23(35-17-20-13-9-7-10-14-20)24(36-18-21-15-11-8-12-16-21)25(37-22)29(30,31)28(3,4)38-27(33)26(32)34-5;2*1-3-20-17(2)22(25-15-18-10-6-4-7-11-18)23(21(14-24)27-20)26-16-19-12-8-5-9-13-19;2*8-1-3-5(10)7(12)6(11)4(2-9)13-3;2*1-3(2,4)5;2*1-3(2)4/h7-16,19,22-25H,6,17-18H2,1-5H3;2*4-13,17,20-23H,3,14-16H2,1-2H3;2*3-7,9-12H,1-2H2;2*5H,1-2H3;2*3H,1-2H3/t19-,22+,23-,24+,25+;2*17-,20+,21-,22-,23-;2*3-,4+,5-,6-,7+;;;;/m00000..../s1. The Hall–Kier alpha value is -7.28. The molecule has 0 aliphatic carbocycles. The average molecular weight is 1950 g/mol. The van der Waals surface area contributed by atoms with Crippen LogP contribution in [0.15, 0.2) is 182 Å². The zero-order chi connectivity index (χ0) is 102. The van der Waals surface area contributed by atoms with Crippen molar-refractivity contribution in [1.82, 2.24) is 0 Å². The topological polar surface area (TPSA) is 356 Å². The molecule has 5 aliphatic rings. The maximum atomic E-state index is 16.3. The molecule has 5 fully saturated rings. The van der Waals surface area contributed by atoms with E-state index in [0.29, 0.717) is 32.8 Å². The number of aliphatic hydroxyl groups excluding tert-OH is 8. The van der Waals surface area contributed by atoms with Gasteiger partial charge >= 0.3 is 17.9 Å². The Bertz CT molecular complexity index is 3830. The van der Waals surface area contributed by atoms with Gasteiger partial charge in [0, 0.05) is 17.8 Å². The number of carbonyl (C=O) groups is 2. The first-order chi connectivity index (χ1) is 64.1. The molecule has 0 unspecified atom stereocenters. The minimum Gasteiger partial charge on any atom is -0.461 e. The van der Waals surface area contributed by atoms with Crippen LogP contribution in [0, 0.1) is 17.8 Å². The number of benzene rings is 6. The molecule has 5 aliphatic heterocycles. The molecule has 5 saturated heterocycles. The number of rotatable bonds is 30. The van der Waals surface area contributed by atoms with Crippen LogP contribution >= 0.6 is 0 Å². The lowest BCUT2D eigenvalue weighted by Gasteiger charge is -2.50. The molecule has 35 heteroatoms. The number of esters is 2. The lowest BCUT2D eigenvalue weighted by molar-refractivity contribution is -0.315. The van der Waals surface area contributed by atoms with Crippen LogP contribution in [-0.4, -0.2) is 280 Å². The van der Waals surface area contributed by atoms with Crippen molar-refractivity contribution in [2.45, 2.75) is 340 Å². The minimum absolute atomic E-state index is 0.0249. The molecule has 6 aromatic rings. The Balaban J connectivity index is 0.000000434. The molecule has 5 heterocycles. The van der Waals surface area contributed by atoms with E-state index in [4.69, 9.17) is 87.5 Å². The van der Waals surface area contributed by atoms with E-state index in [1.165, 1.54) is 27.7 Å². The fourth-order valence-corrected chi connectivity index (χ4v) is 14.6. The van der Waals surface area contributed by atoms with Crippen molar-refractivity contribution in [1.29, 1.82) is 0 Å². The largest absolute Gasteiger partial charge is 0.461 e. The van der Waals surface area contributed by atoms with Crippen molar-refractivity contribution in [2.75, 3.05) is 47.0 Å². The first-order valence-corrected chi connectivity index (χ1v) is 45.7. The molecule has 0 aromatic heterocycles.